The fourth-order valence-electron chi connectivity index (χ4n) is 4.68. The van der Waals surface area contributed by atoms with Crippen LogP contribution in [0.25, 0.3) is 11.2 Å². The molecule has 2 saturated carbocycles. The molecule has 2 heterocycles. The lowest BCUT2D eigenvalue weighted by molar-refractivity contribution is -0.129. The van der Waals surface area contributed by atoms with Crippen molar-refractivity contribution >= 4 is 34.5 Å². The van der Waals surface area contributed by atoms with E-state index < -0.39 is 36.6 Å². The predicted molar refractivity (Wildman–Crippen MR) is 127 cm³/mol. The van der Waals surface area contributed by atoms with Gasteiger partial charge in [-0.1, -0.05) is 54.2 Å². The minimum Gasteiger partial charge on any atom is -0.390 e. The van der Waals surface area contributed by atoms with Gasteiger partial charge in [0, 0.05) is 17.7 Å². The lowest BCUT2D eigenvalue weighted by atomic mass is 10.0. The van der Waals surface area contributed by atoms with E-state index in [1.54, 1.807) is 0 Å². The summed E-state index contributed by atoms with van der Waals surface area (Å²) in [5, 5.41) is 42.9. The maximum Gasteiger partial charge on any atom is 0.191 e. The number of thioether (sulfide) groups is 1. The van der Waals surface area contributed by atoms with Crippen LogP contribution in [0.15, 0.2) is 35.5 Å². The van der Waals surface area contributed by atoms with E-state index in [0.29, 0.717) is 28.1 Å². The van der Waals surface area contributed by atoms with Crippen LogP contribution in [0.1, 0.15) is 43.7 Å². The van der Waals surface area contributed by atoms with Gasteiger partial charge in [-0.3, -0.25) is 4.79 Å². The molecular formula is C23H28N6O4S. The van der Waals surface area contributed by atoms with Gasteiger partial charge in [0.05, 0.1) is 18.1 Å². The minimum absolute atomic E-state index is 0.142. The van der Waals surface area contributed by atoms with Crippen LogP contribution in [0.3, 0.4) is 0 Å². The lowest BCUT2D eigenvalue weighted by Crippen LogP contribution is -2.33. The topological polar surface area (TPSA) is 146 Å². The summed E-state index contributed by atoms with van der Waals surface area (Å²) in [6.45, 7) is 1.40. The van der Waals surface area contributed by atoms with Crippen LogP contribution in [0, 0.1) is 5.92 Å². The van der Waals surface area contributed by atoms with Crippen LogP contribution in [-0.4, -0.2) is 76.7 Å². The third kappa shape index (κ3) is 4.28. The van der Waals surface area contributed by atoms with Crippen molar-refractivity contribution in [3.05, 3.63) is 35.9 Å². The summed E-state index contributed by atoms with van der Waals surface area (Å²) in [5.41, 5.74) is 2.21. The van der Waals surface area contributed by atoms with Crippen molar-refractivity contribution in [1.29, 1.82) is 0 Å². The minimum atomic E-state index is -1.28. The van der Waals surface area contributed by atoms with E-state index in [2.05, 4.69) is 39.7 Å². The number of nitrogens with zero attached hydrogens (tertiary/aromatic N) is 5. The first-order valence-electron chi connectivity index (χ1n) is 11.6. The van der Waals surface area contributed by atoms with Crippen molar-refractivity contribution in [3.8, 4) is 0 Å². The number of ketones is 1. The molecule has 10 nitrogen and oxygen atoms in total. The Morgan fingerprint density at radius 2 is 1.97 bits per heavy atom. The monoisotopic (exact) mass is 484 g/mol. The molecule has 5 rings (SSSR count). The molecule has 4 N–H and O–H groups in total. The maximum atomic E-state index is 12.0. The SMILES string of the molecule is CCCSc1nc(NC2CC2c2ccccc2)c2nnn([C@@H]3C[C@H](C(=O)CO)[C@@H](O)[C@H]3O)c2n1. The summed E-state index contributed by atoms with van der Waals surface area (Å²) in [6.07, 6.45) is -0.420. The first-order chi connectivity index (χ1) is 16.5. The molecule has 2 fully saturated rings. The molecule has 1 aromatic carbocycles. The number of rotatable bonds is 9. The van der Waals surface area contributed by atoms with Crippen LogP contribution < -0.4 is 5.32 Å². The predicted octanol–water partition coefficient (Wildman–Crippen LogP) is 1.54. The van der Waals surface area contributed by atoms with Gasteiger partial charge in [0.1, 0.15) is 12.7 Å². The second-order valence-electron chi connectivity index (χ2n) is 8.93. The summed E-state index contributed by atoms with van der Waals surface area (Å²) < 4.78 is 1.48. The van der Waals surface area contributed by atoms with Crippen molar-refractivity contribution in [1.82, 2.24) is 25.0 Å². The second-order valence-corrected chi connectivity index (χ2v) is 9.99. The highest BCUT2D eigenvalue weighted by molar-refractivity contribution is 7.99. The van der Waals surface area contributed by atoms with Crippen molar-refractivity contribution in [2.75, 3.05) is 17.7 Å². The molecule has 0 aliphatic heterocycles. The Bertz CT molecular complexity index is 1170. The summed E-state index contributed by atoms with van der Waals surface area (Å²) >= 11 is 1.53. The molecule has 0 bridgehead atoms. The molecule has 2 unspecified atom stereocenters. The molecule has 0 amide bonds. The molecule has 0 spiro atoms. The lowest BCUT2D eigenvalue weighted by Gasteiger charge is -2.17. The zero-order valence-corrected chi connectivity index (χ0v) is 19.6. The molecule has 2 aromatic heterocycles. The Balaban J connectivity index is 1.46. The number of hydrogen-bond donors (Lipinski definition) is 4. The molecule has 2 aliphatic carbocycles. The number of nitrogens with one attached hydrogen (secondary N) is 1. The highest BCUT2D eigenvalue weighted by Gasteiger charge is 2.47. The van der Waals surface area contributed by atoms with E-state index in [-0.39, 0.29) is 12.5 Å². The Hall–Kier alpha value is -2.60. The standard InChI is InChI=1S/C23H28N6O4S/c1-2-8-34-23-25-21(24-15-9-13(15)12-6-4-3-5-7-12)18-22(26-23)29(28-27-18)16-10-14(17(31)11-30)19(32)20(16)33/h3-7,13-16,19-20,30,32-33H,2,8-11H2,1H3,(H,24,25,26)/t13?,14-,15?,16-,19-,20+/m1/s1. The molecule has 2 aliphatic rings. The van der Waals surface area contributed by atoms with E-state index in [9.17, 15) is 20.1 Å². The molecular weight excluding hydrogens is 456 g/mol. The number of carbonyl (C=O) groups is 1. The van der Waals surface area contributed by atoms with Gasteiger partial charge in [0.2, 0.25) is 0 Å². The Kier molecular flexibility index (Phi) is 6.52. The van der Waals surface area contributed by atoms with Gasteiger partial charge in [0.15, 0.2) is 27.9 Å². The van der Waals surface area contributed by atoms with Gasteiger partial charge < -0.3 is 20.6 Å². The normalized spacial score (nSPS) is 28.4. The van der Waals surface area contributed by atoms with Crippen LogP contribution in [0.4, 0.5) is 5.82 Å². The Morgan fingerprint density at radius 1 is 1.18 bits per heavy atom. The van der Waals surface area contributed by atoms with Gasteiger partial charge in [-0.15, -0.1) is 5.10 Å². The zero-order chi connectivity index (χ0) is 23.8. The highest BCUT2D eigenvalue weighted by Crippen LogP contribution is 2.43. The number of aliphatic hydroxyl groups is 3. The van der Waals surface area contributed by atoms with Gasteiger partial charge in [-0.2, -0.15) is 0 Å². The fourth-order valence-corrected chi connectivity index (χ4v) is 5.37. The molecule has 6 atom stereocenters. The van der Waals surface area contributed by atoms with Gasteiger partial charge >= 0.3 is 0 Å². The summed E-state index contributed by atoms with van der Waals surface area (Å²) in [4.78, 5) is 21.4. The number of benzene rings is 1. The van der Waals surface area contributed by atoms with Gasteiger partial charge in [0.25, 0.3) is 0 Å². The van der Waals surface area contributed by atoms with E-state index in [1.807, 2.05) is 18.2 Å². The van der Waals surface area contributed by atoms with Gasteiger partial charge in [-0.05, 0) is 24.8 Å². The van der Waals surface area contributed by atoms with Crippen molar-refractivity contribution < 1.29 is 20.1 Å². The van der Waals surface area contributed by atoms with Gasteiger partial charge in [-0.25, -0.2) is 14.6 Å². The second kappa shape index (κ2) is 9.57. The number of hydrogen-bond acceptors (Lipinski definition) is 10. The number of anilines is 1. The van der Waals surface area contributed by atoms with Crippen LogP contribution in [0.5, 0.6) is 0 Å². The largest absolute Gasteiger partial charge is 0.390 e. The number of aromatic nitrogens is 5. The summed E-state index contributed by atoms with van der Waals surface area (Å²) in [5.74, 6) is 0.464. The first-order valence-corrected chi connectivity index (χ1v) is 12.6. The number of carbonyl (C=O) groups excluding carboxylic acids is 1. The molecule has 3 aromatic rings. The quantitative estimate of drug-likeness (QED) is 0.260. The van der Waals surface area contributed by atoms with Crippen molar-refractivity contribution in [2.45, 2.75) is 61.6 Å². The third-order valence-electron chi connectivity index (χ3n) is 6.61. The smallest absolute Gasteiger partial charge is 0.191 e. The fraction of sp³-hybridized carbons (Fsp3) is 0.522. The average Bonchev–Trinajstić information content (AvgIpc) is 3.40. The number of Topliss-reactive ketones (excluding diaryl/α,β-unsaturated/α-hetero) is 1. The average molecular weight is 485 g/mol. The number of fused-ring (bicyclic) bond motifs is 1. The summed E-state index contributed by atoms with van der Waals surface area (Å²) in [7, 11) is 0. The van der Waals surface area contributed by atoms with E-state index in [0.717, 1.165) is 18.6 Å². The molecule has 0 radical (unpaired) electrons. The Labute approximate surface area is 200 Å². The molecule has 0 saturated heterocycles. The highest BCUT2D eigenvalue weighted by atomic mass is 32.2. The Morgan fingerprint density at radius 3 is 2.71 bits per heavy atom. The van der Waals surface area contributed by atoms with Crippen molar-refractivity contribution in [2.24, 2.45) is 5.92 Å². The van der Waals surface area contributed by atoms with Crippen LogP contribution in [-0.2, 0) is 4.79 Å². The maximum absolute atomic E-state index is 12.0. The third-order valence-corrected chi connectivity index (χ3v) is 7.67. The van der Waals surface area contributed by atoms with Crippen LogP contribution >= 0.6 is 11.8 Å². The molecule has 34 heavy (non-hydrogen) atoms. The summed E-state index contributed by atoms with van der Waals surface area (Å²) in [6, 6.07) is 9.86. The van der Waals surface area contributed by atoms with Crippen LogP contribution in [0.2, 0.25) is 0 Å². The number of aliphatic hydroxyl groups excluding tert-OH is 3. The van der Waals surface area contributed by atoms with E-state index >= 15 is 0 Å². The zero-order valence-electron chi connectivity index (χ0n) is 18.8. The first kappa shape index (κ1) is 23.2. The van der Waals surface area contributed by atoms with E-state index in [4.69, 9.17) is 4.98 Å². The molecule has 11 heteroatoms. The molecule has 180 valence electrons. The van der Waals surface area contributed by atoms with E-state index in [1.165, 1.54) is 22.0 Å². The van der Waals surface area contributed by atoms with Crippen molar-refractivity contribution in [3.63, 3.8) is 0 Å².